The van der Waals surface area contributed by atoms with Gasteiger partial charge in [0.25, 0.3) is 10.0 Å². The molecule has 0 aromatic heterocycles. The van der Waals surface area contributed by atoms with Gasteiger partial charge in [-0.3, -0.25) is 9.10 Å². The lowest BCUT2D eigenvalue weighted by Gasteiger charge is -2.26. The van der Waals surface area contributed by atoms with Gasteiger partial charge in [-0.2, -0.15) is 0 Å². The Kier molecular flexibility index (Phi) is 8.63. The first-order chi connectivity index (χ1) is 17.1. The van der Waals surface area contributed by atoms with Crippen molar-refractivity contribution in [3.63, 3.8) is 0 Å². The maximum absolute atomic E-state index is 13.9. The zero-order valence-electron chi connectivity index (χ0n) is 21.7. The average Bonchev–Trinajstić information content (AvgIpc) is 2.85. The molecule has 8 heteroatoms. The van der Waals surface area contributed by atoms with Crippen molar-refractivity contribution in [2.45, 2.75) is 45.1 Å². The van der Waals surface area contributed by atoms with E-state index in [0.29, 0.717) is 17.9 Å². The molecule has 0 aliphatic rings. The molecule has 3 rings (SSSR count). The molecule has 0 aliphatic carbocycles. The number of nitrogens with one attached hydrogen (secondary N) is 1. The number of hydrogen-bond donors (Lipinski definition) is 1. The van der Waals surface area contributed by atoms with Gasteiger partial charge >= 0.3 is 0 Å². The number of carbonyl (C=O) groups is 1. The van der Waals surface area contributed by atoms with Crippen LogP contribution in [0.5, 0.6) is 11.5 Å². The Bertz CT molecular complexity index is 1300. The van der Waals surface area contributed by atoms with Crippen LogP contribution in [0, 0.1) is 20.8 Å². The molecule has 3 aromatic carbocycles. The van der Waals surface area contributed by atoms with Gasteiger partial charge < -0.3 is 14.8 Å². The molecular formula is C28H34N2O5S. The number of ether oxygens (including phenoxy) is 2. The van der Waals surface area contributed by atoms with Crippen LogP contribution >= 0.6 is 0 Å². The Morgan fingerprint density at radius 2 is 1.47 bits per heavy atom. The normalized spacial score (nSPS) is 12.1. The molecule has 192 valence electrons. The van der Waals surface area contributed by atoms with E-state index in [4.69, 9.17) is 9.47 Å². The molecule has 0 saturated heterocycles. The van der Waals surface area contributed by atoms with E-state index in [-0.39, 0.29) is 23.2 Å². The third-order valence-electron chi connectivity index (χ3n) is 5.95. The molecule has 1 N–H and O–H groups in total. The first kappa shape index (κ1) is 27.1. The van der Waals surface area contributed by atoms with Crippen LogP contribution in [0.4, 0.5) is 5.69 Å². The number of methoxy groups -OCH3 is 2. The highest BCUT2D eigenvalue weighted by atomic mass is 32.2. The molecular weight excluding hydrogens is 476 g/mol. The minimum atomic E-state index is -4.12. The number of aryl methyl sites for hydroxylation is 3. The lowest BCUT2D eigenvalue weighted by Crippen LogP contribution is -2.42. The van der Waals surface area contributed by atoms with Crippen molar-refractivity contribution >= 4 is 21.6 Å². The predicted molar refractivity (Wildman–Crippen MR) is 142 cm³/mol. The Balaban J connectivity index is 1.99. The summed E-state index contributed by atoms with van der Waals surface area (Å²) >= 11 is 0. The number of anilines is 1. The van der Waals surface area contributed by atoms with Crippen molar-refractivity contribution in [3.8, 4) is 11.5 Å². The average molecular weight is 511 g/mol. The van der Waals surface area contributed by atoms with E-state index in [0.717, 1.165) is 26.6 Å². The fourth-order valence-electron chi connectivity index (χ4n) is 4.10. The van der Waals surface area contributed by atoms with E-state index in [1.807, 2.05) is 58.0 Å². The maximum atomic E-state index is 13.9. The van der Waals surface area contributed by atoms with E-state index < -0.39 is 15.9 Å². The van der Waals surface area contributed by atoms with Gasteiger partial charge in [0.1, 0.15) is 6.54 Å². The number of benzene rings is 3. The van der Waals surface area contributed by atoms with E-state index in [9.17, 15) is 13.2 Å². The summed E-state index contributed by atoms with van der Waals surface area (Å²) in [5.41, 5.74) is 4.30. The molecule has 0 spiro atoms. The zero-order chi connectivity index (χ0) is 26.5. The first-order valence-electron chi connectivity index (χ1n) is 11.8. The fraction of sp³-hybridized carbons (Fsp3) is 0.321. The van der Waals surface area contributed by atoms with E-state index >= 15 is 0 Å². The van der Waals surface area contributed by atoms with E-state index in [1.165, 1.54) is 32.4 Å². The van der Waals surface area contributed by atoms with Gasteiger partial charge in [0, 0.05) is 6.07 Å². The summed E-state index contributed by atoms with van der Waals surface area (Å²) in [6, 6.07) is 17.6. The lowest BCUT2D eigenvalue weighted by molar-refractivity contribution is -0.120. The van der Waals surface area contributed by atoms with Gasteiger partial charge in [0.15, 0.2) is 11.5 Å². The second kappa shape index (κ2) is 11.5. The first-order valence-corrected chi connectivity index (χ1v) is 13.2. The molecule has 0 bridgehead atoms. The Hall–Kier alpha value is -3.52. The zero-order valence-corrected chi connectivity index (χ0v) is 22.5. The van der Waals surface area contributed by atoms with Crippen LogP contribution in [0.15, 0.2) is 65.6 Å². The van der Waals surface area contributed by atoms with Crippen molar-refractivity contribution < 1.29 is 22.7 Å². The summed E-state index contributed by atoms with van der Waals surface area (Å²) in [5.74, 6) is 0.301. The summed E-state index contributed by atoms with van der Waals surface area (Å²) < 4.78 is 39.5. The summed E-state index contributed by atoms with van der Waals surface area (Å²) in [5, 5.41) is 3.01. The Labute approximate surface area is 214 Å². The van der Waals surface area contributed by atoms with Crippen LogP contribution in [0.25, 0.3) is 0 Å². The minimum absolute atomic E-state index is 0.00214. The van der Waals surface area contributed by atoms with Crippen molar-refractivity contribution in [2.75, 3.05) is 25.1 Å². The highest BCUT2D eigenvalue weighted by Gasteiger charge is 2.29. The molecule has 0 fully saturated rings. The SMILES string of the molecule is CC[C@H](NC(=O)CN(c1cc(C)cc(C)c1)S(=O)(=O)c1ccc(OC)c(OC)c1)c1ccc(C)cc1. The molecule has 1 amide bonds. The minimum Gasteiger partial charge on any atom is -0.493 e. The molecule has 1 atom stereocenters. The van der Waals surface area contributed by atoms with Crippen LogP contribution in [-0.2, 0) is 14.8 Å². The smallest absolute Gasteiger partial charge is 0.264 e. The van der Waals surface area contributed by atoms with Crippen LogP contribution in [0.2, 0.25) is 0 Å². The fourth-order valence-corrected chi connectivity index (χ4v) is 5.52. The maximum Gasteiger partial charge on any atom is 0.264 e. The number of nitrogens with zero attached hydrogens (tertiary/aromatic N) is 1. The van der Waals surface area contributed by atoms with Crippen molar-refractivity contribution in [2.24, 2.45) is 0 Å². The summed E-state index contributed by atoms with van der Waals surface area (Å²) in [6.45, 7) is 7.39. The number of amides is 1. The largest absolute Gasteiger partial charge is 0.493 e. The number of carbonyl (C=O) groups excluding carboxylic acids is 1. The monoisotopic (exact) mass is 510 g/mol. The molecule has 0 radical (unpaired) electrons. The van der Waals surface area contributed by atoms with Crippen LogP contribution in [0.1, 0.15) is 41.6 Å². The molecule has 0 aliphatic heterocycles. The van der Waals surface area contributed by atoms with E-state index in [2.05, 4.69) is 5.32 Å². The van der Waals surface area contributed by atoms with Crippen LogP contribution in [-0.4, -0.2) is 35.1 Å². The summed E-state index contributed by atoms with van der Waals surface area (Å²) in [4.78, 5) is 13.2. The Morgan fingerprint density at radius 1 is 0.861 bits per heavy atom. The highest BCUT2D eigenvalue weighted by Crippen LogP contribution is 2.32. The standard InChI is InChI=1S/C28H34N2O5S/c1-7-25(22-10-8-19(2)9-11-22)29-28(31)18-30(23-15-20(3)14-21(4)16-23)36(32,33)24-12-13-26(34-5)27(17-24)35-6/h8-17,25H,7,18H2,1-6H3,(H,29,31)/t25-/m0/s1. The molecule has 36 heavy (non-hydrogen) atoms. The topological polar surface area (TPSA) is 84.9 Å². The molecule has 3 aromatic rings. The molecule has 0 unspecified atom stereocenters. The second-order valence-electron chi connectivity index (χ2n) is 8.81. The number of hydrogen-bond acceptors (Lipinski definition) is 5. The van der Waals surface area contributed by atoms with Gasteiger partial charge in [-0.15, -0.1) is 0 Å². The van der Waals surface area contributed by atoms with Gasteiger partial charge in [0.2, 0.25) is 5.91 Å². The van der Waals surface area contributed by atoms with Crippen molar-refractivity contribution in [1.29, 1.82) is 0 Å². The lowest BCUT2D eigenvalue weighted by atomic mass is 10.0. The van der Waals surface area contributed by atoms with Gasteiger partial charge in [-0.25, -0.2) is 8.42 Å². The van der Waals surface area contributed by atoms with Crippen LogP contribution in [0.3, 0.4) is 0 Å². The quantitative estimate of drug-likeness (QED) is 0.411. The van der Waals surface area contributed by atoms with Crippen molar-refractivity contribution in [3.05, 3.63) is 82.9 Å². The van der Waals surface area contributed by atoms with Gasteiger partial charge in [-0.1, -0.05) is 42.8 Å². The highest BCUT2D eigenvalue weighted by molar-refractivity contribution is 7.92. The van der Waals surface area contributed by atoms with Crippen LogP contribution < -0.4 is 19.1 Å². The number of sulfonamides is 1. The van der Waals surface area contributed by atoms with Gasteiger partial charge in [-0.05, 0) is 68.1 Å². The molecule has 0 saturated carbocycles. The molecule has 0 heterocycles. The van der Waals surface area contributed by atoms with Gasteiger partial charge in [0.05, 0.1) is 30.8 Å². The summed E-state index contributed by atoms with van der Waals surface area (Å²) in [6.07, 6.45) is 0.667. The second-order valence-corrected chi connectivity index (χ2v) is 10.7. The summed E-state index contributed by atoms with van der Waals surface area (Å²) in [7, 11) is -1.19. The number of rotatable bonds is 10. The Morgan fingerprint density at radius 3 is 2.03 bits per heavy atom. The third kappa shape index (κ3) is 6.18. The van der Waals surface area contributed by atoms with E-state index in [1.54, 1.807) is 12.1 Å². The third-order valence-corrected chi connectivity index (χ3v) is 7.72. The van der Waals surface area contributed by atoms with Crippen molar-refractivity contribution in [1.82, 2.24) is 5.32 Å². The molecule has 7 nitrogen and oxygen atoms in total. The predicted octanol–water partition coefficient (Wildman–Crippen LogP) is 5.09.